The molecule has 1 aromatic rings. The number of aryl methyl sites for hydroxylation is 1. The molecule has 0 aromatic heterocycles. The lowest BCUT2D eigenvalue weighted by Gasteiger charge is -2.15. The Kier molecular flexibility index (Phi) is 7.19. The summed E-state index contributed by atoms with van der Waals surface area (Å²) in [4.78, 5) is 0. The van der Waals surface area contributed by atoms with E-state index in [0.29, 0.717) is 13.1 Å². The summed E-state index contributed by atoms with van der Waals surface area (Å²) in [6, 6.07) is 8.67. The van der Waals surface area contributed by atoms with Gasteiger partial charge in [-0.05, 0) is 24.5 Å². The molecule has 1 rings (SSSR count). The van der Waals surface area contributed by atoms with Gasteiger partial charge < -0.3 is 5.32 Å². The highest BCUT2D eigenvalue weighted by atomic mass is 32.2. The lowest BCUT2D eigenvalue weighted by atomic mass is 10.0. The van der Waals surface area contributed by atoms with E-state index in [1.54, 1.807) is 6.92 Å². The third-order valence-electron chi connectivity index (χ3n) is 3.20. The second-order valence-corrected chi connectivity index (χ2v) is 6.91. The highest BCUT2D eigenvalue weighted by molar-refractivity contribution is 7.89. The van der Waals surface area contributed by atoms with Crippen molar-refractivity contribution in [1.82, 2.24) is 10.0 Å². The van der Waals surface area contributed by atoms with Crippen LogP contribution in [0, 0.1) is 0 Å². The average Bonchev–Trinajstić information content (AvgIpc) is 2.39. The van der Waals surface area contributed by atoms with Crippen molar-refractivity contribution in [2.24, 2.45) is 0 Å². The van der Waals surface area contributed by atoms with E-state index in [0.717, 1.165) is 12.8 Å². The third-order valence-corrected chi connectivity index (χ3v) is 4.67. The molecule has 1 atom stereocenters. The van der Waals surface area contributed by atoms with Crippen LogP contribution in [0.1, 0.15) is 44.4 Å². The molecule has 0 heterocycles. The van der Waals surface area contributed by atoms with Gasteiger partial charge in [0.15, 0.2) is 0 Å². The van der Waals surface area contributed by atoms with Crippen LogP contribution in [0.4, 0.5) is 0 Å². The molecule has 114 valence electrons. The van der Waals surface area contributed by atoms with Crippen molar-refractivity contribution < 1.29 is 8.42 Å². The van der Waals surface area contributed by atoms with Gasteiger partial charge in [0.25, 0.3) is 0 Å². The molecule has 0 bridgehead atoms. The Labute approximate surface area is 123 Å². The number of hydrogen-bond donors (Lipinski definition) is 2. The lowest BCUT2D eigenvalue weighted by molar-refractivity contribution is 0.564. The minimum Gasteiger partial charge on any atom is -0.309 e. The first-order chi connectivity index (χ1) is 9.48. The minimum atomic E-state index is -3.14. The molecule has 2 N–H and O–H groups in total. The predicted molar refractivity (Wildman–Crippen MR) is 84.3 cm³/mol. The Morgan fingerprint density at radius 3 is 2.35 bits per heavy atom. The topological polar surface area (TPSA) is 58.2 Å². The monoisotopic (exact) mass is 298 g/mol. The fraction of sp³-hybridized carbons (Fsp3) is 0.600. The zero-order valence-corrected chi connectivity index (χ0v) is 13.5. The van der Waals surface area contributed by atoms with Gasteiger partial charge in [-0.3, -0.25) is 0 Å². The Hall–Kier alpha value is -0.910. The molecule has 0 saturated heterocycles. The number of nitrogens with one attached hydrogen (secondary N) is 2. The van der Waals surface area contributed by atoms with Gasteiger partial charge in [-0.1, -0.05) is 44.5 Å². The lowest BCUT2D eigenvalue weighted by Crippen LogP contribution is -2.32. The maximum Gasteiger partial charge on any atom is 0.212 e. The summed E-state index contributed by atoms with van der Waals surface area (Å²) in [7, 11) is -3.14. The molecule has 0 fully saturated rings. The van der Waals surface area contributed by atoms with Gasteiger partial charge in [-0.25, -0.2) is 13.1 Å². The van der Waals surface area contributed by atoms with Crippen LogP contribution >= 0.6 is 0 Å². The normalized spacial score (nSPS) is 13.3. The standard InChI is InChI=1S/C15H26N2O2S/c1-4-6-14-7-9-15(10-8-14)13(3)16-11-12-20(18,19)17-5-2/h7-10,13,16-17H,4-6,11-12H2,1-3H3. The summed E-state index contributed by atoms with van der Waals surface area (Å²) in [5.74, 6) is 0.110. The van der Waals surface area contributed by atoms with Crippen LogP contribution in [-0.4, -0.2) is 27.3 Å². The van der Waals surface area contributed by atoms with Crippen molar-refractivity contribution in [3.05, 3.63) is 35.4 Å². The summed E-state index contributed by atoms with van der Waals surface area (Å²) in [6.07, 6.45) is 2.25. The van der Waals surface area contributed by atoms with E-state index in [1.165, 1.54) is 11.1 Å². The molecule has 0 saturated carbocycles. The molecule has 0 aliphatic heterocycles. The predicted octanol–water partition coefficient (Wildman–Crippen LogP) is 2.23. The molecule has 0 amide bonds. The second-order valence-electron chi connectivity index (χ2n) is 4.98. The molecule has 5 heteroatoms. The van der Waals surface area contributed by atoms with Crippen LogP contribution in [0.2, 0.25) is 0 Å². The molecular weight excluding hydrogens is 272 g/mol. The highest BCUT2D eigenvalue weighted by Gasteiger charge is 2.10. The van der Waals surface area contributed by atoms with Gasteiger partial charge in [0.1, 0.15) is 0 Å². The zero-order chi connectivity index (χ0) is 15.0. The van der Waals surface area contributed by atoms with Crippen LogP contribution in [0.3, 0.4) is 0 Å². The van der Waals surface area contributed by atoms with Crippen LogP contribution in [0.5, 0.6) is 0 Å². The Balaban J connectivity index is 2.44. The van der Waals surface area contributed by atoms with Crippen molar-refractivity contribution in [2.45, 2.75) is 39.7 Å². The van der Waals surface area contributed by atoms with Gasteiger partial charge in [0, 0.05) is 19.1 Å². The van der Waals surface area contributed by atoms with Gasteiger partial charge in [0.05, 0.1) is 5.75 Å². The summed E-state index contributed by atoms with van der Waals surface area (Å²) in [6.45, 7) is 6.90. The average molecular weight is 298 g/mol. The number of sulfonamides is 1. The summed E-state index contributed by atoms with van der Waals surface area (Å²) < 4.78 is 25.5. The molecule has 1 unspecified atom stereocenters. The summed E-state index contributed by atoms with van der Waals surface area (Å²) in [5.41, 5.74) is 2.53. The molecule has 0 radical (unpaired) electrons. The SMILES string of the molecule is CCCc1ccc(C(C)NCCS(=O)(=O)NCC)cc1. The first-order valence-corrected chi connectivity index (χ1v) is 8.93. The fourth-order valence-electron chi connectivity index (χ4n) is 2.08. The van der Waals surface area contributed by atoms with E-state index in [1.807, 2.05) is 0 Å². The number of hydrogen-bond acceptors (Lipinski definition) is 3. The Morgan fingerprint density at radius 1 is 1.15 bits per heavy atom. The summed E-state index contributed by atoms with van der Waals surface area (Å²) >= 11 is 0. The minimum absolute atomic E-state index is 0.110. The summed E-state index contributed by atoms with van der Waals surface area (Å²) in [5, 5.41) is 3.25. The van der Waals surface area contributed by atoms with Gasteiger partial charge in [-0.15, -0.1) is 0 Å². The van der Waals surface area contributed by atoms with Crippen molar-refractivity contribution in [1.29, 1.82) is 0 Å². The van der Waals surface area contributed by atoms with Crippen molar-refractivity contribution in [3.8, 4) is 0 Å². The van der Waals surface area contributed by atoms with Crippen molar-refractivity contribution in [3.63, 3.8) is 0 Å². The van der Waals surface area contributed by atoms with Crippen LogP contribution < -0.4 is 10.0 Å². The van der Waals surface area contributed by atoms with Gasteiger partial charge >= 0.3 is 0 Å². The van der Waals surface area contributed by atoms with E-state index < -0.39 is 10.0 Å². The van der Waals surface area contributed by atoms with Crippen LogP contribution in [0.15, 0.2) is 24.3 Å². The maximum absolute atomic E-state index is 11.5. The molecule has 0 aliphatic carbocycles. The molecular formula is C15H26N2O2S. The maximum atomic E-state index is 11.5. The van der Waals surface area contributed by atoms with E-state index in [2.05, 4.69) is 48.2 Å². The van der Waals surface area contributed by atoms with Gasteiger partial charge in [0.2, 0.25) is 10.0 Å². The molecule has 4 nitrogen and oxygen atoms in total. The number of benzene rings is 1. The van der Waals surface area contributed by atoms with Crippen molar-refractivity contribution >= 4 is 10.0 Å². The van der Waals surface area contributed by atoms with E-state index in [9.17, 15) is 8.42 Å². The van der Waals surface area contributed by atoms with Crippen LogP contribution in [-0.2, 0) is 16.4 Å². The third kappa shape index (κ3) is 6.03. The smallest absolute Gasteiger partial charge is 0.212 e. The van der Waals surface area contributed by atoms with Crippen LogP contribution in [0.25, 0.3) is 0 Å². The van der Waals surface area contributed by atoms with E-state index in [-0.39, 0.29) is 11.8 Å². The van der Waals surface area contributed by atoms with Crippen molar-refractivity contribution in [2.75, 3.05) is 18.8 Å². The van der Waals surface area contributed by atoms with E-state index in [4.69, 9.17) is 0 Å². The fourth-order valence-corrected chi connectivity index (χ4v) is 3.05. The van der Waals surface area contributed by atoms with Gasteiger partial charge in [-0.2, -0.15) is 0 Å². The Morgan fingerprint density at radius 2 is 1.80 bits per heavy atom. The van der Waals surface area contributed by atoms with E-state index >= 15 is 0 Å². The zero-order valence-electron chi connectivity index (χ0n) is 12.6. The number of rotatable bonds is 9. The molecule has 0 aliphatic rings. The second kappa shape index (κ2) is 8.39. The Bertz CT molecular complexity index is 483. The largest absolute Gasteiger partial charge is 0.309 e. The molecule has 20 heavy (non-hydrogen) atoms. The highest BCUT2D eigenvalue weighted by Crippen LogP contribution is 2.14. The first-order valence-electron chi connectivity index (χ1n) is 7.28. The molecule has 0 spiro atoms. The molecule has 1 aromatic carbocycles. The quantitative estimate of drug-likeness (QED) is 0.735. The first kappa shape index (κ1) is 17.1.